The second-order valence-corrected chi connectivity index (χ2v) is 6.81. The molecule has 1 aliphatic heterocycles. The van der Waals surface area contributed by atoms with Gasteiger partial charge in [-0.15, -0.1) is 0 Å². The summed E-state index contributed by atoms with van der Waals surface area (Å²) in [6.45, 7) is 0.610. The molecule has 1 N–H and O–H groups in total. The Kier molecular flexibility index (Phi) is 4.26. The van der Waals surface area contributed by atoms with Gasteiger partial charge in [0.25, 0.3) is 0 Å². The van der Waals surface area contributed by atoms with Crippen molar-refractivity contribution in [2.24, 2.45) is 0 Å². The van der Waals surface area contributed by atoms with Crippen molar-refractivity contribution in [2.45, 2.75) is 12.3 Å². The van der Waals surface area contributed by atoms with Crippen molar-refractivity contribution in [3.05, 3.63) is 90.6 Å². The summed E-state index contributed by atoms with van der Waals surface area (Å²) in [4.78, 5) is 12.1. The molecule has 0 spiro atoms. The molecule has 0 saturated heterocycles. The fourth-order valence-electron chi connectivity index (χ4n) is 3.46. The summed E-state index contributed by atoms with van der Waals surface area (Å²) < 4.78 is 11.9. The minimum absolute atomic E-state index is 0.182. The Balaban J connectivity index is 1.36. The van der Waals surface area contributed by atoms with Crippen LogP contribution in [0, 0.1) is 0 Å². The van der Waals surface area contributed by atoms with Crippen LogP contribution in [0.1, 0.15) is 17.3 Å². The minimum Gasteiger partial charge on any atom is -0.493 e. The molecule has 0 radical (unpaired) electrons. The Morgan fingerprint density at radius 2 is 1.82 bits per heavy atom. The lowest BCUT2D eigenvalue weighted by atomic mass is 9.96. The fraction of sp³-hybridized carbons (Fsp3) is 0.130. The van der Waals surface area contributed by atoms with E-state index in [1.165, 1.54) is 0 Å². The normalized spacial score (nSPS) is 15.5. The Hall–Kier alpha value is -3.60. The molecular formula is C23H19N3O2. The van der Waals surface area contributed by atoms with Crippen molar-refractivity contribution in [1.29, 1.82) is 0 Å². The number of rotatable bonds is 4. The van der Waals surface area contributed by atoms with Gasteiger partial charge in [-0.2, -0.15) is 0 Å². The van der Waals surface area contributed by atoms with Crippen LogP contribution in [0.3, 0.4) is 0 Å². The topological polar surface area (TPSA) is 60.0 Å². The second-order valence-electron chi connectivity index (χ2n) is 6.81. The Morgan fingerprint density at radius 3 is 2.68 bits per heavy atom. The Labute approximate surface area is 163 Å². The molecule has 1 atom stereocenters. The van der Waals surface area contributed by atoms with Crippen molar-refractivity contribution in [3.63, 3.8) is 0 Å². The number of imidazole rings is 1. The van der Waals surface area contributed by atoms with Gasteiger partial charge in [-0.1, -0.05) is 30.3 Å². The van der Waals surface area contributed by atoms with Crippen molar-refractivity contribution in [1.82, 2.24) is 15.0 Å². The van der Waals surface area contributed by atoms with E-state index in [0.29, 0.717) is 6.61 Å². The molecule has 2 aromatic carbocycles. The monoisotopic (exact) mass is 369 g/mol. The number of aromatic nitrogens is 3. The van der Waals surface area contributed by atoms with Crippen LogP contribution in [0.25, 0.3) is 11.3 Å². The summed E-state index contributed by atoms with van der Waals surface area (Å²) in [5.74, 6) is 3.60. The highest BCUT2D eigenvalue weighted by molar-refractivity contribution is 5.58. The molecule has 2 aromatic heterocycles. The number of ether oxygens (including phenoxy) is 2. The van der Waals surface area contributed by atoms with E-state index in [-0.39, 0.29) is 5.92 Å². The van der Waals surface area contributed by atoms with Crippen LogP contribution in [0.4, 0.5) is 0 Å². The van der Waals surface area contributed by atoms with E-state index in [1.54, 1.807) is 12.4 Å². The third-order valence-corrected chi connectivity index (χ3v) is 4.89. The largest absolute Gasteiger partial charge is 0.493 e. The van der Waals surface area contributed by atoms with Crippen molar-refractivity contribution < 1.29 is 9.47 Å². The molecule has 0 fully saturated rings. The highest BCUT2D eigenvalue weighted by Crippen LogP contribution is 2.35. The third kappa shape index (κ3) is 3.34. The van der Waals surface area contributed by atoms with Gasteiger partial charge in [0.2, 0.25) is 0 Å². The van der Waals surface area contributed by atoms with Gasteiger partial charge in [0.15, 0.2) is 0 Å². The maximum absolute atomic E-state index is 5.99. The van der Waals surface area contributed by atoms with E-state index in [4.69, 9.17) is 9.47 Å². The quantitative estimate of drug-likeness (QED) is 0.551. The van der Waals surface area contributed by atoms with E-state index in [1.807, 2.05) is 54.7 Å². The number of hydrogen-bond donors (Lipinski definition) is 1. The molecule has 138 valence electrons. The highest BCUT2D eigenvalue weighted by Gasteiger charge is 2.24. The molecule has 5 nitrogen and oxygen atoms in total. The van der Waals surface area contributed by atoms with Gasteiger partial charge in [-0.05, 0) is 47.9 Å². The molecule has 5 heteroatoms. The van der Waals surface area contributed by atoms with E-state index in [0.717, 1.165) is 46.3 Å². The van der Waals surface area contributed by atoms with Gasteiger partial charge in [-0.25, -0.2) is 4.98 Å². The summed E-state index contributed by atoms with van der Waals surface area (Å²) >= 11 is 0. The number of H-pyrrole nitrogens is 1. The van der Waals surface area contributed by atoms with Crippen LogP contribution in [-0.4, -0.2) is 21.6 Å². The molecule has 28 heavy (non-hydrogen) atoms. The number of aromatic amines is 1. The van der Waals surface area contributed by atoms with Crippen LogP contribution in [0.2, 0.25) is 0 Å². The average Bonchev–Trinajstić information content (AvgIpc) is 3.25. The van der Waals surface area contributed by atoms with E-state index in [9.17, 15) is 0 Å². The van der Waals surface area contributed by atoms with Crippen LogP contribution in [0.5, 0.6) is 17.2 Å². The summed E-state index contributed by atoms with van der Waals surface area (Å²) in [7, 11) is 0. The minimum atomic E-state index is 0.182. The lowest BCUT2D eigenvalue weighted by molar-refractivity contribution is 0.257. The zero-order chi connectivity index (χ0) is 18.8. The second kappa shape index (κ2) is 7.19. The van der Waals surface area contributed by atoms with Gasteiger partial charge in [0.05, 0.1) is 24.4 Å². The number of nitrogens with one attached hydrogen (secondary N) is 1. The van der Waals surface area contributed by atoms with Crippen LogP contribution in [-0.2, 0) is 6.42 Å². The fourth-order valence-corrected chi connectivity index (χ4v) is 3.46. The maximum Gasteiger partial charge on any atom is 0.130 e. The molecule has 1 unspecified atom stereocenters. The van der Waals surface area contributed by atoms with Gasteiger partial charge < -0.3 is 14.5 Å². The Bertz CT molecular complexity index is 1080. The molecule has 5 rings (SSSR count). The summed E-state index contributed by atoms with van der Waals surface area (Å²) in [5, 5.41) is 0. The number of nitrogens with zero attached hydrogens (tertiary/aromatic N) is 2. The molecule has 3 heterocycles. The molecule has 1 aliphatic rings. The maximum atomic E-state index is 5.99. The molecule has 0 saturated carbocycles. The standard InChI is InChI=1S/C23H19N3O2/c1-2-4-16(5-3-1)21-14-25-23(26-21)18-12-17-13-20(6-7-22(17)27-15-18)28-19-8-10-24-11-9-19/h1-11,13-14,18H,12,15H2,(H,25,26). The first-order valence-electron chi connectivity index (χ1n) is 9.29. The molecule has 4 aromatic rings. The first-order chi connectivity index (χ1) is 13.8. The number of hydrogen-bond acceptors (Lipinski definition) is 4. The first-order valence-corrected chi connectivity index (χ1v) is 9.29. The third-order valence-electron chi connectivity index (χ3n) is 4.89. The molecule has 0 bridgehead atoms. The lowest BCUT2D eigenvalue weighted by Crippen LogP contribution is -2.20. The summed E-state index contributed by atoms with van der Waals surface area (Å²) in [6.07, 6.45) is 6.18. The zero-order valence-electron chi connectivity index (χ0n) is 15.2. The van der Waals surface area contributed by atoms with E-state index < -0.39 is 0 Å². The number of benzene rings is 2. The Morgan fingerprint density at radius 1 is 0.964 bits per heavy atom. The van der Waals surface area contributed by atoms with Crippen LogP contribution < -0.4 is 9.47 Å². The summed E-state index contributed by atoms with van der Waals surface area (Å²) in [5.41, 5.74) is 3.28. The molecular weight excluding hydrogens is 350 g/mol. The highest BCUT2D eigenvalue weighted by atomic mass is 16.5. The first kappa shape index (κ1) is 16.6. The van der Waals surface area contributed by atoms with Gasteiger partial charge >= 0.3 is 0 Å². The molecule has 0 aliphatic carbocycles. The predicted molar refractivity (Wildman–Crippen MR) is 107 cm³/mol. The van der Waals surface area contributed by atoms with Crippen LogP contribution >= 0.6 is 0 Å². The van der Waals surface area contributed by atoms with Gasteiger partial charge in [0, 0.05) is 12.4 Å². The zero-order valence-corrected chi connectivity index (χ0v) is 15.2. The van der Waals surface area contributed by atoms with Crippen LogP contribution in [0.15, 0.2) is 79.3 Å². The lowest BCUT2D eigenvalue weighted by Gasteiger charge is -2.24. The smallest absolute Gasteiger partial charge is 0.130 e. The van der Waals surface area contributed by atoms with Gasteiger partial charge in [-0.3, -0.25) is 4.98 Å². The number of fused-ring (bicyclic) bond motifs is 1. The molecule has 0 amide bonds. The van der Waals surface area contributed by atoms with E-state index in [2.05, 4.69) is 27.1 Å². The van der Waals surface area contributed by atoms with Crippen molar-refractivity contribution >= 4 is 0 Å². The average molecular weight is 369 g/mol. The van der Waals surface area contributed by atoms with Crippen molar-refractivity contribution in [3.8, 4) is 28.5 Å². The summed E-state index contributed by atoms with van der Waals surface area (Å²) in [6, 6.07) is 19.8. The number of pyridine rings is 1. The SMILES string of the molecule is c1ccc(-c2cnc(C3COc4ccc(Oc5ccncc5)cc4C3)[nH]2)cc1. The van der Waals surface area contributed by atoms with Crippen molar-refractivity contribution in [2.75, 3.05) is 6.61 Å². The predicted octanol–water partition coefficient (Wildman–Crippen LogP) is 4.98. The van der Waals surface area contributed by atoms with Gasteiger partial charge in [0.1, 0.15) is 23.1 Å². The van der Waals surface area contributed by atoms with E-state index >= 15 is 0 Å².